The van der Waals surface area contributed by atoms with Crippen LogP contribution in [-0.2, 0) is 0 Å². The number of halogens is 1. The van der Waals surface area contributed by atoms with Crippen molar-refractivity contribution in [2.75, 3.05) is 0 Å². The van der Waals surface area contributed by atoms with Crippen molar-refractivity contribution in [1.82, 2.24) is 9.78 Å². The molecule has 0 bridgehead atoms. The molecule has 0 aliphatic rings. The van der Waals surface area contributed by atoms with Crippen molar-refractivity contribution in [3.63, 3.8) is 0 Å². The van der Waals surface area contributed by atoms with E-state index in [1.807, 2.05) is 0 Å². The summed E-state index contributed by atoms with van der Waals surface area (Å²) in [6, 6.07) is 7.27. The van der Waals surface area contributed by atoms with E-state index in [1.165, 1.54) is 22.9 Å². The molecule has 5 heteroatoms. The van der Waals surface area contributed by atoms with Crippen LogP contribution in [0, 0.1) is 5.82 Å². The van der Waals surface area contributed by atoms with Gasteiger partial charge in [0.1, 0.15) is 11.5 Å². The summed E-state index contributed by atoms with van der Waals surface area (Å²) in [5.41, 5.74) is 5.90. The van der Waals surface area contributed by atoms with Crippen LogP contribution in [0.15, 0.2) is 36.5 Å². The van der Waals surface area contributed by atoms with Gasteiger partial charge in [0, 0.05) is 6.20 Å². The molecule has 0 atom stereocenters. The lowest BCUT2D eigenvalue weighted by Crippen LogP contribution is -2.12. The van der Waals surface area contributed by atoms with Crippen molar-refractivity contribution in [2.24, 2.45) is 5.73 Å². The largest absolute Gasteiger partial charge is 0.364 e. The standard InChI is InChI=1S/C10H8FN3O/c11-7-1-3-8(4-2-7)14-6-5-9(13-14)10(12)15/h1-6H,(H2,12,15). The van der Waals surface area contributed by atoms with E-state index >= 15 is 0 Å². The molecule has 1 amide bonds. The Bertz CT molecular complexity index is 490. The first-order valence-corrected chi connectivity index (χ1v) is 4.28. The van der Waals surface area contributed by atoms with E-state index in [2.05, 4.69) is 5.10 Å². The Morgan fingerprint density at radius 1 is 1.27 bits per heavy atom. The Labute approximate surface area is 85.1 Å². The van der Waals surface area contributed by atoms with Crippen LogP contribution in [0.5, 0.6) is 0 Å². The van der Waals surface area contributed by atoms with Gasteiger partial charge in [-0.2, -0.15) is 5.10 Å². The van der Waals surface area contributed by atoms with Gasteiger partial charge in [0.2, 0.25) is 0 Å². The summed E-state index contributed by atoms with van der Waals surface area (Å²) in [6.45, 7) is 0. The van der Waals surface area contributed by atoms with Crippen LogP contribution in [0.25, 0.3) is 5.69 Å². The highest BCUT2D eigenvalue weighted by Gasteiger charge is 2.05. The molecule has 15 heavy (non-hydrogen) atoms. The highest BCUT2D eigenvalue weighted by Crippen LogP contribution is 2.08. The van der Waals surface area contributed by atoms with E-state index in [9.17, 15) is 9.18 Å². The number of rotatable bonds is 2. The molecular weight excluding hydrogens is 197 g/mol. The van der Waals surface area contributed by atoms with Crippen molar-refractivity contribution in [3.05, 3.63) is 48.0 Å². The minimum Gasteiger partial charge on any atom is -0.364 e. The van der Waals surface area contributed by atoms with Crippen LogP contribution in [0.3, 0.4) is 0 Å². The highest BCUT2D eigenvalue weighted by atomic mass is 19.1. The molecule has 76 valence electrons. The number of hydrogen-bond acceptors (Lipinski definition) is 2. The zero-order chi connectivity index (χ0) is 10.8. The van der Waals surface area contributed by atoms with Crippen molar-refractivity contribution >= 4 is 5.91 Å². The van der Waals surface area contributed by atoms with E-state index in [-0.39, 0.29) is 11.5 Å². The van der Waals surface area contributed by atoms with Gasteiger partial charge < -0.3 is 5.73 Å². The molecule has 0 fully saturated rings. The average molecular weight is 205 g/mol. The van der Waals surface area contributed by atoms with Crippen LogP contribution in [-0.4, -0.2) is 15.7 Å². The van der Waals surface area contributed by atoms with Gasteiger partial charge in [0.05, 0.1) is 5.69 Å². The fraction of sp³-hybridized carbons (Fsp3) is 0. The van der Waals surface area contributed by atoms with Crippen molar-refractivity contribution in [1.29, 1.82) is 0 Å². The Kier molecular flexibility index (Phi) is 2.21. The number of hydrogen-bond donors (Lipinski definition) is 1. The lowest BCUT2D eigenvalue weighted by molar-refractivity contribution is 0.0995. The van der Waals surface area contributed by atoms with Crippen molar-refractivity contribution in [2.45, 2.75) is 0 Å². The first-order chi connectivity index (χ1) is 7.16. The summed E-state index contributed by atoms with van der Waals surface area (Å²) in [7, 11) is 0. The summed E-state index contributed by atoms with van der Waals surface area (Å²) in [6.07, 6.45) is 1.59. The molecule has 2 rings (SSSR count). The Morgan fingerprint density at radius 3 is 2.47 bits per heavy atom. The number of amides is 1. The molecule has 0 unspecified atom stereocenters. The number of aromatic nitrogens is 2. The molecular formula is C10H8FN3O. The molecule has 2 aromatic rings. The Balaban J connectivity index is 2.37. The fourth-order valence-corrected chi connectivity index (χ4v) is 1.19. The zero-order valence-corrected chi connectivity index (χ0v) is 7.72. The highest BCUT2D eigenvalue weighted by molar-refractivity contribution is 5.90. The normalized spacial score (nSPS) is 10.2. The van der Waals surface area contributed by atoms with Crippen LogP contribution < -0.4 is 5.73 Å². The van der Waals surface area contributed by atoms with E-state index in [4.69, 9.17) is 5.73 Å². The third-order valence-corrected chi connectivity index (χ3v) is 1.93. The fourth-order valence-electron chi connectivity index (χ4n) is 1.19. The zero-order valence-electron chi connectivity index (χ0n) is 7.72. The van der Waals surface area contributed by atoms with Gasteiger partial charge in [-0.15, -0.1) is 0 Å². The maximum Gasteiger partial charge on any atom is 0.269 e. The van der Waals surface area contributed by atoms with Gasteiger partial charge in [0.25, 0.3) is 5.91 Å². The van der Waals surface area contributed by atoms with Gasteiger partial charge >= 0.3 is 0 Å². The molecule has 1 aromatic heterocycles. The molecule has 4 nitrogen and oxygen atoms in total. The van der Waals surface area contributed by atoms with E-state index in [0.29, 0.717) is 5.69 Å². The van der Waals surface area contributed by atoms with E-state index < -0.39 is 5.91 Å². The third kappa shape index (κ3) is 1.85. The second kappa shape index (κ2) is 3.53. The second-order valence-electron chi connectivity index (χ2n) is 2.99. The molecule has 1 aromatic carbocycles. The maximum absolute atomic E-state index is 12.6. The van der Waals surface area contributed by atoms with E-state index in [0.717, 1.165) is 0 Å². The average Bonchev–Trinajstić information content (AvgIpc) is 2.68. The van der Waals surface area contributed by atoms with Crippen LogP contribution in [0.2, 0.25) is 0 Å². The second-order valence-corrected chi connectivity index (χ2v) is 2.99. The third-order valence-electron chi connectivity index (χ3n) is 1.93. The van der Waals surface area contributed by atoms with Gasteiger partial charge in [0.15, 0.2) is 0 Å². The summed E-state index contributed by atoms with van der Waals surface area (Å²) in [5.74, 6) is -0.906. The predicted octanol–water partition coefficient (Wildman–Crippen LogP) is 1.11. The van der Waals surface area contributed by atoms with Gasteiger partial charge in [-0.25, -0.2) is 9.07 Å². The number of primary amides is 1. The van der Waals surface area contributed by atoms with Crippen molar-refractivity contribution < 1.29 is 9.18 Å². The van der Waals surface area contributed by atoms with E-state index in [1.54, 1.807) is 18.3 Å². The smallest absolute Gasteiger partial charge is 0.269 e. The predicted molar refractivity (Wildman–Crippen MR) is 52.0 cm³/mol. The first-order valence-electron chi connectivity index (χ1n) is 4.28. The van der Waals surface area contributed by atoms with Crippen molar-refractivity contribution in [3.8, 4) is 5.69 Å². The van der Waals surface area contributed by atoms with Crippen LogP contribution in [0.1, 0.15) is 10.5 Å². The monoisotopic (exact) mass is 205 g/mol. The number of carbonyl (C=O) groups is 1. The van der Waals surface area contributed by atoms with Gasteiger partial charge in [-0.05, 0) is 30.3 Å². The molecule has 0 spiro atoms. The summed E-state index contributed by atoms with van der Waals surface area (Å²) < 4.78 is 14.1. The molecule has 0 saturated heterocycles. The number of nitrogens with two attached hydrogens (primary N) is 1. The summed E-state index contributed by atoms with van der Waals surface area (Å²) >= 11 is 0. The van der Waals surface area contributed by atoms with Crippen LogP contribution >= 0.6 is 0 Å². The number of benzene rings is 1. The number of nitrogens with zero attached hydrogens (tertiary/aromatic N) is 2. The summed E-state index contributed by atoms with van der Waals surface area (Å²) in [4.78, 5) is 10.8. The van der Waals surface area contributed by atoms with Crippen LogP contribution in [0.4, 0.5) is 4.39 Å². The number of carbonyl (C=O) groups excluding carboxylic acids is 1. The SMILES string of the molecule is NC(=O)c1ccn(-c2ccc(F)cc2)n1. The quantitative estimate of drug-likeness (QED) is 0.798. The van der Waals surface area contributed by atoms with Gasteiger partial charge in [-0.1, -0.05) is 0 Å². The molecule has 0 aliphatic heterocycles. The Hall–Kier alpha value is -2.17. The molecule has 0 saturated carbocycles. The molecule has 0 radical (unpaired) electrons. The first kappa shape index (κ1) is 9.39. The van der Waals surface area contributed by atoms with Gasteiger partial charge in [-0.3, -0.25) is 4.79 Å². The minimum absolute atomic E-state index is 0.180. The summed E-state index contributed by atoms with van der Waals surface area (Å²) in [5, 5.41) is 3.93. The molecule has 1 heterocycles. The minimum atomic E-state index is -0.587. The topological polar surface area (TPSA) is 60.9 Å². The molecule has 0 aliphatic carbocycles. The lowest BCUT2D eigenvalue weighted by Gasteiger charge is -1.99. The molecule has 2 N–H and O–H groups in total. The Morgan fingerprint density at radius 2 is 1.93 bits per heavy atom. The maximum atomic E-state index is 12.6. The lowest BCUT2D eigenvalue weighted by atomic mass is 10.3.